The van der Waals surface area contributed by atoms with E-state index in [9.17, 15) is 15.2 Å². The van der Waals surface area contributed by atoms with E-state index in [1.807, 2.05) is 6.92 Å². The average Bonchev–Trinajstić information content (AvgIpc) is 2.40. The highest BCUT2D eigenvalue weighted by Crippen LogP contribution is 2.31. The van der Waals surface area contributed by atoms with Gasteiger partial charge in [-0.05, 0) is 30.7 Å². The molecule has 2 aromatic carbocycles. The number of hydrogen-bond acceptors (Lipinski definition) is 5. The molecule has 0 saturated carbocycles. The Kier molecular flexibility index (Phi) is 3.51. The second-order valence-electron chi connectivity index (χ2n) is 3.94. The zero-order valence-corrected chi connectivity index (χ0v) is 10.1. The number of nitro groups is 1. The summed E-state index contributed by atoms with van der Waals surface area (Å²) in [5, 5.41) is 28.1. The predicted molar refractivity (Wildman–Crippen MR) is 70.1 cm³/mol. The smallest absolute Gasteiger partial charge is 0.296 e. The SMILES string of the molecule is Cc1ccc(O)c(N=Nc2ccccc2[N+](=O)[O-])c1. The Hall–Kier alpha value is -2.76. The number of hydrogen-bond donors (Lipinski definition) is 1. The van der Waals surface area contributed by atoms with Gasteiger partial charge in [0.15, 0.2) is 5.69 Å². The molecule has 96 valence electrons. The quantitative estimate of drug-likeness (QED) is 0.511. The number of nitro benzene ring substituents is 1. The molecule has 6 nitrogen and oxygen atoms in total. The summed E-state index contributed by atoms with van der Waals surface area (Å²) in [4.78, 5) is 10.3. The van der Waals surface area contributed by atoms with Crippen LogP contribution in [0.25, 0.3) is 0 Å². The predicted octanol–water partition coefficient (Wildman–Crippen LogP) is 4.02. The maximum absolute atomic E-state index is 10.8. The highest BCUT2D eigenvalue weighted by atomic mass is 16.6. The molecule has 0 aliphatic carbocycles. The highest BCUT2D eigenvalue weighted by molar-refractivity contribution is 5.58. The van der Waals surface area contributed by atoms with E-state index >= 15 is 0 Å². The number of phenols is 1. The van der Waals surface area contributed by atoms with Gasteiger partial charge in [-0.25, -0.2) is 0 Å². The van der Waals surface area contributed by atoms with E-state index in [4.69, 9.17) is 0 Å². The fraction of sp³-hybridized carbons (Fsp3) is 0.0769. The van der Waals surface area contributed by atoms with Crippen molar-refractivity contribution >= 4 is 17.1 Å². The van der Waals surface area contributed by atoms with Crippen LogP contribution < -0.4 is 0 Å². The first-order valence-electron chi connectivity index (χ1n) is 5.52. The second kappa shape index (κ2) is 5.26. The fourth-order valence-electron chi connectivity index (χ4n) is 1.52. The summed E-state index contributed by atoms with van der Waals surface area (Å²) in [6.45, 7) is 1.85. The molecular weight excluding hydrogens is 246 g/mol. The minimum Gasteiger partial charge on any atom is -0.506 e. The number of aryl methyl sites for hydroxylation is 1. The summed E-state index contributed by atoms with van der Waals surface area (Å²) < 4.78 is 0. The van der Waals surface area contributed by atoms with Crippen molar-refractivity contribution in [2.45, 2.75) is 6.92 Å². The Labute approximate surface area is 109 Å². The third-order valence-electron chi connectivity index (χ3n) is 2.47. The van der Waals surface area contributed by atoms with E-state index in [-0.39, 0.29) is 22.8 Å². The van der Waals surface area contributed by atoms with E-state index < -0.39 is 4.92 Å². The van der Waals surface area contributed by atoms with Crippen molar-refractivity contribution in [2.24, 2.45) is 10.2 Å². The molecule has 19 heavy (non-hydrogen) atoms. The first kappa shape index (κ1) is 12.7. The molecule has 0 unspecified atom stereocenters. The highest BCUT2D eigenvalue weighted by Gasteiger charge is 2.11. The minimum atomic E-state index is -0.523. The Balaban J connectivity index is 2.38. The first-order valence-corrected chi connectivity index (χ1v) is 5.52. The van der Waals surface area contributed by atoms with Crippen molar-refractivity contribution in [3.63, 3.8) is 0 Å². The number of benzene rings is 2. The molecule has 0 fully saturated rings. The van der Waals surface area contributed by atoms with Gasteiger partial charge in [0.2, 0.25) is 0 Å². The van der Waals surface area contributed by atoms with Crippen molar-refractivity contribution in [1.29, 1.82) is 0 Å². The summed E-state index contributed by atoms with van der Waals surface area (Å²) in [7, 11) is 0. The number of rotatable bonds is 3. The standard InChI is InChI=1S/C13H11N3O3/c1-9-6-7-13(17)11(8-9)15-14-10-4-2-3-5-12(10)16(18)19/h2-8,17H,1H3. The number of phenolic OH excluding ortho intramolecular Hbond substituents is 1. The molecule has 0 atom stereocenters. The molecular formula is C13H11N3O3. The van der Waals surface area contributed by atoms with Crippen LogP contribution in [0.5, 0.6) is 5.75 Å². The number of para-hydroxylation sites is 1. The monoisotopic (exact) mass is 257 g/mol. The van der Waals surface area contributed by atoms with Gasteiger partial charge < -0.3 is 5.11 Å². The van der Waals surface area contributed by atoms with Gasteiger partial charge in [0.1, 0.15) is 11.4 Å². The minimum absolute atomic E-state index is 0.0204. The van der Waals surface area contributed by atoms with E-state index in [2.05, 4.69) is 10.2 Å². The molecule has 0 heterocycles. The van der Waals surface area contributed by atoms with E-state index in [1.54, 1.807) is 24.3 Å². The Morgan fingerprint density at radius 2 is 1.79 bits per heavy atom. The van der Waals surface area contributed by atoms with Crippen molar-refractivity contribution in [3.05, 3.63) is 58.1 Å². The molecule has 6 heteroatoms. The summed E-state index contributed by atoms with van der Waals surface area (Å²) in [5.41, 5.74) is 1.21. The van der Waals surface area contributed by atoms with Gasteiger partial charge in [0.25, 0.3) is 5.69 Å². The number of nitrogens with zero attached hydrogens (tertiary/aromatic N) is 3. The molecule has 0 spiro atoms. The van der Waals surface area contributed by atoms with Crippen LogP contribution in [-0.4, -0.2) is 10.0 Å². The van der Waals surface area contributed by atoms with Gasteiger partial charge in [-0.15, -0.1) is 10.2 Å². The van der Waals surface area contributed by atoms with Gasteiger partial charge >= 0.3 is 0 Å². The van der Waals surface area contributed by atoms with Crippen molar-refractivity contribution < 1.29 is 10.0 Å². The molecule has 0 aliphatic heterocycles. The largest absolute Gasteiger partial charge is 0.506 e. The van der Waals surface area contributed by atoms with Crippen LogP contribution in [0.1, 0.15) is 5.56 Å². The molecule has 2 rings (SSSR count). The van der Waals surface area contributed by atoms with Crippen molar-refractivity contribution in [2.75, 3.05) is 0 Å². The fourth-order valence-corrected chi connectivity index (χ4v) is 1.52. The third-order valence-corrected chi connectivity index (χ3v) is 2.47. The molecule has 0 bridgehead atoms. The summed E-state index contributed by atoms with van der Waals surface area (Å²) in [6, 6.07) is 10.9. The van der Waals surface area contributed by atoms with Crippen LogP contribution in [0.3, 0.4) is 0 Å². The lowest BCUT2D eigenvalue weighted by Gasteiger charge is -1.99. The van der Waals surface area contributed by atoms with Gasteiger partial charge in [-0.3, -0.25) is 10.1 Å². The van der Waals surface area contributed by atoms with Crippen molar-refractivity contribution in [3.8, 4) is 5.75 Å². The van der Waals surface area contributed by atoms with Crippen LogP contribution in [0.2, 0.25) is 0 Å². The maximum atomic E-state index is 10.8. The summed E-state index contributed by atoms with van der Waals surface area (Å²) in [5.74, 6) is -0.0204. The lowest BCUT2D eigenvalue weighted by atomic mass is 10.2. The van der Waals surface area contributed by atoms with Crippen LogP contribution in [0, 0.1) is 17.0 Å². The second-order valence-corrected chi connectivity index (χ2v) is 3.94. The molecule has 2 aromatic rings. The molecule has 0 saturated heterocycles. The van der Waals surface area contributed by atoms with Crippen LogP contribution >= 0.6 is 0 Å². The van der Waals surface area contributed by atoms with E-state index in [0.29, 0.717) is 0 Å². The van der Waals surface area contributed by atoms with Crippen LogP contribution in [-0.2, 0) is 0 Å². The lowest BCUT2D eigenvalue weighted by Crippen LogP contribution is -1.87. The summed E-state index contributed by atoms with van der Waals surface area (Å²) >= 11 is 0. The number of azo groups is 1. The van der Waals surface area contributed by atoms with E-state index in [1.165, 1.54) is 18.2 Å². The molecule has 0 amide bonds. The topological polar surface area (TPSA) is 88.1 Å². The number of aromatic hydroxyl groups is 1. The van der Waals surface area contributed by atoms with E-state index in [0.717, 1.165) is 5.56 Å². The third kappa shape index (κ3) is 2.92. The summed E-state index contributed by atoms with van der Waals surface area (Å²) in [6.07, 6.45) is 0. The van der Waals surface area contributed by atoms with Gasteiger partial charge in [-0.1, -0.05) is 18.2 Å². The Morgan fingerprint density at radius 1 is 1.11 bits per heavy atom. The molecule has 1 N–H and O–H groups in total. The van der Waals surface area contributed by atoms with Crippen molar-refractivity contribution in [1.82, 2.24) is 0 Å². The molecule has 0 aromatic heterocycles. The zero-order chi connectivity index (χ0) is 13.8. The van der Waals surface area contributed by atoms with Gasteiger partial charge in [0, 0.05) is 6.07 Å². The first-order chi connectivity index (χ1) is 9.08. The normalized spacial score (nSPS) is 10.8. The van der Waals surface area contributed by atoms with Crippen LogP contribution in [0.4, 0.5) is 17.1 Å². The van der Waals surface area contributed by atoms with Crippen LogP contribution in [0.15, 0.2) is 52.7 Å². The maximum Gasteiger partial charge on any atom is 0.296 e. The zero-order valence-electron chi connectivity index (χ0n) is 10.1. The Bertz CT molecular complexity index is 653. The lowest BCUT2D eigenvalue weighted by molar-refractivity contribution is -0.384. The van der Waals surface area contributed by atoms with Gasteiger partial charge in [-0.2, -0.15) is 0 Å². The van der Waals surface area contributed by atoms with Gasteiger partial charge in [0.05, 0.1) is 4.92 Å². The molecule has 0 radical (unpaired) electrons. The Morgan fingerprint density at radius 3 is 2.53 bits per heavy atom. The average molecular weight is 257 g/mol. The molecule has 0 aliphatic rings.